The van der Waals surface area contributed by atoms with Crippen LogP contribution in [0.4, 0.5) is 0 Å². The van der Waals surface area contributed by atoms with Crippen LogP contribution in [-0.4, -0.2) is 35.1 Å². The Kier molecular flexibility index (Phi) is 7.12. The third-order valence-corrected chi connectivity index (χ3v) is 2.27. The molecule has 0 saturated carbocycles. The number of amides is 1. The van der Waals surface area contributed by atoms with E-state index in [0.717, 1.165) is 11.8 Å². The van der Waals surface area contributed by atoms with Gasteiger partial charge in [-0.2, -0.15) is 12.6 Å². The van der Waals surface area contributed by atoms with Gasteiger partial charge in [-0.25, -0.2) is 0 Å². The largest absolute Gasteiger partial charge is 0.347 e. The Balaban J connectivity index is 3.63. The lowest BCUT2D eigenvalue weighted by Gasteiger charge is -2.08. The molecular weight excluding hydrogens is 208 g/mol. The normalized spacial score (nSPS) is 12.2. The van der Waals surface area contributed by atoms with Crippen molar-refractivity contribution in [1.29, 1.82) is 0 Å². The highest BCUT2D eigenvalue weighted by atomic mass is 32.2. The molecule has 75 valence electrons. The van der Waals surface area contributed by atoms with Crippen molar-refractivity contribution in [3.8, 4) is 0 Å². The van der Waals surface area contributed by atoms with Gasteiger partial charge in [0.15, 0.2) is 0 Å². The zero-order chi connectivity index (χ0) is 10.3. The van der Waals surface area contributed by atoms with Crippen LogP contribution in [0.25, 0.3) is 0 Å². The number of thiol groups is 1. The highest BCUT2D eigenvalue weighted by molar-refractivity contribution is 8.13. The lowest BCUT2D eigenvalue weighted by atomic mass is 10.3. The highest BCUT2D eigenvalue weighted by Crippen LogP contribution is 1.98. The Morgan fingerprint density at radius 2 is 2.23 bits per heavy atom. The first-order valence-electron chi connectivity index (χ1n) is 3.70. The minimum atomic E-state index is -0.652. The number of carbonyl (C=O) groups excluding carboxylic acids is 2. The van der Waals surface area contributed by atoms with Gasteiger partial charge in [0.25, 0.3) is 0 Å². The predicted octanol–water partition coefficient (Wildman–Crippen LogP) is -0.546. The topological polar surface area (TPSA) is 72.2 Å². The molecule has 1 amide bonds. The molecule has 0 aliphatic carbocycles. The number of rotatable bonds is 5. The number of nitrogens with one attached hydrogen (secondary N) is 1. The predicted molar refractivity (Wildman–Crippen MR) is 57.7 cm³/mol. The lowest BCUT2D eigenvalue weighted by molar-refractivity contribution is -0.123. The summed E-state index contributed by atoms with van der Waals surface area (Å²) in [6.07, 6.45) is 0. The molecule has 13 heavy (non-hydrogen) atoms. The zero-order valence-corrected chi connectivity index (χ0v) is 8.87. The summed E-state index contributed by atoms with van der Waals surface area (Å²) < 4.78 is 0. The third kappa shape index (κ3) is 5.95. The van der Waals surface area contributed by atoms with Crippen LogP contribution >= 0.6 is 24.4 Å². The van der Waals surface area contributed by atoms with E-state index >= 15 is 0 Å². The van der Waals surface area contributed by atoms with Crippen molar-refractivity contribution in [2.45, 2.75) is 6.04 Å². The van der Waals surface area contributed by atoms with Crippen LogP contribution in [-0.2, 0) is 9.59 Å². The summed E-state index contributed by atoms with van der Waals surface area (Å²) in [7, 11) is 0. The van der Waals surface area contributed by atoms with Crippen LogP contribution < -0.4 is 11.1 Å². The molecule has 0 rings (SSSR count). The summed E-state index contributed by atoms with van der Waals surface area (Å²) in [6.45, 7) is 3.50. The molecule has 0 fully saturated rings. The average Bonchev–Trinajstić information content (AvgIpc) is 2.13. The molecule has 0 aromatic rings. The van der Waals surface area contributed by atoms with Gasteiger partial charge in [0.1, 0.15) is 0 Å². The SMILES string of the molecule is [CH2]CSC(=O)CNC(=O)[C@@H](N)CS. The number of hydrogen-bond acceptors (Lipinski definition) is 5. The van der Waals surface area contributed by atoms with Crippen molar-refractivity contribution in [2.24, 2.45) is 5.73 Å². The molecule has 1 radical (unpaired) electrons. The lowest BCUT2D eigenvalue weighted by Crippen LogP contribution is -2.43. The second-order valence-corrected chi connectivity index (χ2v) is 3.74. The maximum Gasteiger partial charge on any atom is 0.238 e. The molecule has 0 bridgehead atoms. The molecule has 1 atom stereocenters. The zero-order valence-electron chi connectivity index (χ0n) is 7.16. The van der Waals surface area contributed by atoms with Gasteiger partial charge in [-0.05, 0) is 6.92 Å². The van der Waals surface area contributed by atoms with Crippen molar-refractivity contribution in [1.82, 2.24) is 5.32 Å². The smallest absolute Gasteiger partial charge is 0.238 e. The van der Waals surface area contributed by atoms with Gasteiger partial charge in [-0.15, -0.1) is 0 Å². The minimum Gasteiger partial charge on any atom is -0.347 e. The van der Waals surface area contributed by atoms with E-state index in [9.17, 15) is 9.59 Å². The Labute approximate surface area is 87.4 Å². The maximum atomic E-state index is 11.0. The van der Waals surface area contributed by atoms with Gasteiger partial charge in [-0.1, -0.05) is 11.8 Å². The second-order valence-electron chi connectivity index (χ2n) is 2.23. The molecule has 3 N–H and O–H groups in total. The van der Waals surface area contributed by atoms with Gasteiger partial charge in [-0.3, -0.25) is 9.59 Å². The van der Waals surface area contributed by atoms with E-state index in [2.05, 4.69) is 24.9 Å². The summed E-state index contributed by atoms with van der Waals surface area (Å²) in [5.41, 5.74) is 5.36. The van der Waals surface area contributed by atoms with Crippen LogP contribution in [0.2, 0.25) is 0 Å². The van der Waals surface area contributed by atoms with Crippen molar-refractivity contribution in [3.63, 3.8) is 0 Å². The van der Waals surface area contributed by atoms with Crippen molar-refractivity contribution in [3.05, 3.63) is 6.92 Å². The quantitative estimate of drug-likeness (QED) is 0.545. The van der Waals surface area contributed by atoms with Crippen molar-refractivity contribution in [2.75, 3.05) is 18.1 Å². The number of hydrogen-bond donors (Lipinski definition) is 3. The summed E-state index contributed by atoms with van der Waals surface area (Å²) in [4.78, 5) is 21.9. The van der Waals surface area contributed by atoms with E-state index in [-0.39, 0.29) is 23.3 Å². The number of nitrogens with two attached hydrogens (primary N) is 1. The van der Waals surface area contributed by atoms with Crippen LogP contribution in [0.3, 0.4) is 0 Å². The van der Waals surface area contributed by atoms with Gasteiger partial charge in [0, 0.05) is 11.5 Å². The molecule has 4 nitrogen and oxygen atoms in total. The Morgan fingerprint density at radius 3 is 2.69 bits per heavy atom. The molecule has 0 aliphatic rings. The van der Waals surface area contributed by atoms with E-state index < -0.39 is 6.04 Å². The Morgan fingerprint density at radius 1 is 1.62 bits per heavy atom. The first kappa shape index (κ1) is 12.8. The molecule has 0 saturated heterocycles. The summed E-state index contributed by atoms with van der Waals surface area (Å²) >= 11 is 4.92. The van der Waals surface area contributed by atoms with Gasteiger partial charge < -0.3 is 11.1 Å². The summed E-state index contributed by atoms with van der Waals surface area (Å²) in [5, 5.41) is 2.29. The van der Waals surface area contributed by atoms with Crippen LogP contribution in [0, 0.1) is 6.92 Å². The Bertz CT molecular complexity index is 187. The fourth-order valence-corrected chi connectivity index (χ4v) is 1.11. The van der Waals surface area contributed by atoms with E-state index in [0.29, 0.717) is 5.75 Å². The monoisotopic (exact) mass is 221 g/mol. The fraction of sp³-hybridized carbons (Fsp3) is 0.571. The summed E-state index contributed by atoms with van der Waals surface area (Å²) in [6, 6.07) is -0.652. The van der Waals surface area contributed by atoms with Gasteiger partial charge >= 0.3 is 0 Å². The first-order chi connectivity index (χ1) is 6.11. The maximum absolute atomic E-state index is 11.0. The standard InChI is InChI=1S/C7H13N2O2S2/c1-2-13-6(10)3-9-7(11)5(8)4-12/h5,12H,1-4,8H2,(H,9,11)/t5-/m0/s1. The van der Waals surface area contributed by atoms with Crippen molar-refractivity contribution >= 4 is 35.4 Å². The number of carbonyl (C=O) groups is 2. The summed E-state index contributed by atoms with van der Waals surface area (Å²) in [5.74, 6) is 0.378. The first-order valence-corrected chi connectivity index (χ1v) is 5.32. The molecule has 0 aromatic heterocycles. The van der Waals surface area contributed by atoms with Gasteiger partial charge in [0.2, 0.25) is 11.0 Å². The van der Waals surface area contributed by atoms with E-state index in [1.165, 1.54) is 0 Å². The molecule has 6 heteroatoms. The van der Waals surface area contributed by atoms with Gasteiger partial charge in [0.05, 0.1) is 12.6 Å². The Hall–Kier alpha value is -0.200. The average molecular weight is 221 g/mol. The van der Waals surface area contributed by atoms with Crippen LogP contribution in [0.15, 0.2) is 0 Å². The van der Waals surface area contributed by atoms with Crippen molar-refractivity contribution < 1.29 is 9.59 Å². The third-order valence-electron chi connectivity index (χ3n) is 1.20. The molecule has 0 spiro atoms. The van der Waals surface area contributed by atoms with Crippen LogP contribution in [0.5, 0.6) is 0 Å². The molecular formula is C7H13N2O2S2. The van der Waals surface area contributed by atoms with E-state index in [1.54, 1.807) is 0 Å². The highest BCUT2D eigenvalue weighted by Gasteiger charge is 2.11. The van der Waals surface area contributed by atoms with E-state index in [4.69, 9.17) is 5.73 Å². The fourth-order valence-electron chi connectivity index (χ4n) is 0.538. The van der Waals surface area contributed by atoms with Crippen LogP contribution in [0.1, 0.15) is 0 Å². The molecule has 0 heterocycles. The number of thioether (sulfide) groups is 1. The molecule has 0 aliphatic heterocycles. The second kappa shape index (κ2) is 7.23. The molecule has 0 unspecified atom stereocenters. The minimum absolute atomic E-state index is 0.000494. The molecule has 0 aromatic carbocycles. The van der Waals surface area contributed by atoms with E-state index in [1.807, 2.05) is 0 Å².